The normalized spacial score (nSPS) is 13.6. The van der Waals surface area contributed by atoms with Crippen molar-refractivity contribution in [3.8, 4) is 62.2 Å². The second kappa shape index (κ2) is 14.8. The molecular formula is C59H39N5O. The number of aromatic nitrogens is 5. The third-order valence-corrected chi connectivity index (χ3v) is 13.0. The summed E-state index contributed by atoms with van der Waals surface area (Å²) in [6.07, 6.45) is 5.46. The van der Waals surface area contributed by atoms with Crippen LogP contribution in [0.1, 0.15) is 18.1 Å². The molecule has 6 heteroatoms. The first kappa shape index (κ1) is 37.1. The number of para-hydroxylation sites is 5. The molecule has 0 spiro atoms. The Kier molecular flexibility index (Phi) is 8.46. The lowest BCUT2D eigenvalue weighted by Crippen LogP contribution is -2.08. The number of hydrogen-bond donors (Lipinski definition) is 0. The van der Waals surface area contributed by atoms with E-state index in [2.05, 4.69) is 157 Å². The van der Waals surface area contributed by atoms with Crippen LogP contribution >= 0.6 is 0 Å². The van der Waals surface area contributed by atoms with Crippen molar-refractivity contribution in [3.05, 3.63) is 205 Å². The van der Waals surface area contributed by atoms with Crippen molar-refractivity contribution < 1.29 is 4.42 Å². The molecule has 4 aromatic heterocycles. The second-order valence-electron chi connectivity index (χ2n) is 17.0. The van der Waals surface area contributed by atoms with Crippen LogP contribution in [0.25, 0.3) is 123 Å². The molecule has 0 N–H and O–H groups in total. The van der Waals surface area contributed by atoms with E-state index >= 15 is 0 Å². The Morgan fingerprint density at radius 1 is 0.492 bits per heavy atom. The fourth-order valence-corrected chi connectivity index (χ4v) is 9.99. The molecule has 1 aliphatic carbocycles. The lowest BCUT2D eigenvalue weighted by Gasteiger charge is -2.23. The van der Waals surface area contributed by atoms with Crippen LogP contribution in [0.15, 0.2) is 199 Å². The first-order valence-electron chi connectivity index (χ1n) is 22.2. The third kappa shape index (κ3) is 6.02. The minimum atomic E-state index is 0.366. The Morgan fingerprint density at radius 3 is 1.97 bits per heavy atom. The minimum absolute atomic E-state index is 0.366. The Bertz CT molecular complexity index is 3870. The summed E-state index contributed by atoms with van der Waals surface area (Å²) in [4.78, 5) is 21.0. The quantitative estimate of drug-likeness (QED) is 0.167. The highest BCUT2D eigenvalue weighted by Crippen LogP contribution is 2.43. The Balaban J connectivity index is 0.967. The van der Waals surface area contributed by atoms with Gasteiger partial charge in [-0.2, -0.15) is 0 Å². The van der Waals surface area contributed by atoms with Crippen LogP contribution < -0.4 is 0 Å². The van der Waals surface area contributed by atoms with Crippen LogP contribution in [0.5, 0.6) is 0 Å². The average molecular weight is 834 g/mol. The maximum absolute atomic E-state index is 6.50. The molecule has 1 unspecified atom stereocenters. The molecule has 0 radical (unpaired) electrons. The van der Waals surface area contributed by atoms with Gasteiger partial charge in [0.15, 0.2) is 17.5 Å². The highest BCUT2D eigenvalue weighted by atomic mass is 16.3. The fraction of sp³-hybridized carbons (Fsp3) is 0.0508. The van der Waals surface area contributed by atoms with Gasteiger partial charge in [-0.15, -0.1) is 0 Å². The van der Waals surface area contributed by atoms with Gasteiger partial charge in [-0.3, -0.25) is 0 Å². The number of pyridine rings is 1. The van der Waals surface area contributed by atoms with E-state index < -0.39 is 0 Å². The summed E-state index contributed by atoms with van der Waals surface area (Å²) in [5.41, 5.74) is 15.5. The van der Waals surface area contributed by atoms with E-state index in [4.69, 9.17) is 24.4 Å². The first-order chi connectivity index (χ1) is 32.1. The fourth-order valence-electron chi connectivity index (χ4n) is 9.99. The topological polar surface area (TPSA) is 69.6 Å². The molecule has 0 saturated heterocycles. The van der Waals surface area contributed by atoms with E-state index in [1.54, 1.807) is 0 Å². The van der Waals surface area contributed by atoms with E-state index in [-0.39, 0.29) is 0 Å². The van der Waals surface area contributed by atoms with Gasteiger partial charge in [-0.1, -0.05) is 165 Å². The highest BCUT2D eigenvalue weighted by molar-refractivity contribution is 6.23. The molecule has 6 nitrogen and oxygen atoms in total. The third-order valence-electron chi connectivity index (χ3n) is 13.0. The van der Waals surface area contributed by atoms with Crippen molar-refractivity contribution in [1.29, 1.82) is 0 Å². The van der Waals surface area contributed by atoms with Crippen molar-refractivity contribution in [2.75, 3.05) is 0 Å². The van der Waals surface area contributed by atoms with Crippen LogP contribution in [0.4, 0.5) is 0 Å². The zero-order valence-corrected chi connectivity index (χ0v) is 35.5. The molecule has 13 rings (SSSR count). The van der Waals surface area contributed by atoms with Crippen molar-refractivity contribution in [1.82, 2.24) is 24.5 Å². The summed E-state index contributed by atoms with van der Waals surface area (Å²) in [6.45, 7) is 2.28. The molecule has 0 fully saturated rings. The van der Waals surface area contributed by atoms with Crippen LogP contribution in [-0.2, 0) is 6.42 Å². The lowest BCUT2D eigenvalue weighted by molar-refractivity contribution is 0.669. The number of benzene rings is 8. The maximum Gasteiger partial charge on any atom is 0.167 e. The van der Waals surface area contributed by atoms with E-state index in [0.29, 0.717) is 23.4 Å². The summed E-state index contributed by atoms with van der Waals surface area (Å²) in [5.74, 6) is 2.18. The van der Waals surface area contributed by atoms with E-state index in [9.17, 15) is 0 Å². The van der Waals surface area contributed by atoms with Crippen LogP contribution in [0.3, 0.4) is 0 Å². The van der Waals surface area contributed by atoms with Gasteiger partial charge in [0, 0.05) is 49.3 Å². The SMILES string of the molecule is CC1C=Cc2c(-c3nc(-c4ccccc4)nc(-c4cccc5c4oc4ccccc45)n3)ccc(-c3ccc(-c4nc5ccccc5c5c6ccccc6n(-c6ccccc6)c45)cc3)c2C1. The minimum Gasteiger partial charge on any atom is -0.455 e. The number of furan rings is 1. The van der Waals surface area contributed by atoms with Gasteiger partial charge in [-0.25, -0.2) is 19.9 Å². The van der Waals surface area contributed by atoms with Crippen molar-refractivity contribution in [2.24, 2.45) is 5.92 Å². The van der Waals surface area contributed by atoms with E-state index in [0.717, 1.165) is 95.1 Å². The lowest BCUT2D eigenvalue weighted by atomic mass is 9.82. The smallest absolute Gasteiger partial charge is 0.167 e. The molecule has 65 heavy (non-hydrogen) atoms. The molecule has 0 aliphatic heterocycles. The molecule has 306 valence electrons. The number of allylic oxidation sites excluding steroid dienone is 1. The Morgan fingerprint density at radius 2 is 1.14 bits per heavy atom. The van der Waals surface area contributed by atoms with E-state index in [1.165, 1.54) is 21.9 Å². The monoisotopic (exact) mass is 833 g/mol. The predicted molar refractivity (Wildman–Crippen MR) is 266 cm³/mol. The van der Waals surface area contributed by atoms with Crippen molar-refractivity contribution in [2.45, 2.75) is 13.3 Å². The van der Waals surface area contributed by atoms with Crippen molar-refractivity contribution >= 4 is 60.7 Å². The molecule has 0 amide bonds. The predicted octanol–water partition coefficient (Wildman–Crippen LogP) is 15.0. The molecule has 0 saturated carbocycles. The molecule has 1 aliphatic rings. The molecule has 0 bridgehead atoms. The number of rotatable bonds is 6. The zero-order chi connectivity index (χ0) is 43.0. The molecule has 12 aromatic rings. The standard InChI is InChI=1S/C59H39N5O/c1-36-27-32-42-45(58-61-57(39-15-4-2-5-16-39)62-59(63-58)48-23-14-22-44-43-19-10-13-26-52(43)65-56(44)48)34-33-41(49(42)35-36)37-28-30-38(31-29-37)54-55-53(46-20-8-11-24-50(46)60-54)47-21-9-12-25-51(47)64(55)40-17-6-3-7-18-40/h2-34,36H,35H2,1H3. The summed E-state index contributed by atoms with van der Waals surface area (Å²) in [5, 5.41) is 5.67. The van der Waals surface area contributed by atoms with Gasteiger partial charge in [0.1, 0.15) is 11.2 Å². The van der Waals surface area contributed by atoms with Crippen molar-refractivity contribution in [3.63, 3.8) is 0 Å². The second-order valence-corrected chi connectivity index (χ2v) is 17.0. The van der Waals surface area contributed by atoms with Gasteiger partial charge >= 0.3 is 0 Å². The first-order valence-corrected chi connectivity index (χ1v) is 22.2. The Hall–Kier alpha value is -8.48. The van der Waals surface area contributed by atoms with Gasteiger partial charge in [0.25, 0.3) is 0 Å². The summed E-state index contributed by atoms with van der Waals surface area (Å²) in [7, 11) is 0. The van der Waals surface area contributed by atoms with Gasteiger partial charge < -0.3 is 8.98 Å². The molecular weight excluding hydrogens is 795 g/mol. The number of hydrogen-bond acceptors (Lipinski definition) is 5. The maximum atomic E-state index is 6.50. The summed E-state index contributed by atoms with van der Waals surface area (Å²) < 4.78 is 8.87. The highest BCUT2D eigenvalue weighted by Gasteiger charge is 2.25. The summed E-state index contributed by atoms with van der Waals surface area (Å²) >= 11 is 0. The van der Waals surface area contributed by atoms with Gasteiger partial charge in [0.2, 0.25) is 0 Å². The molecule has 4 heterocycles. The average Bonchev–Trinajstić information content (AvgIpc) is 3.93. The van der Waals surface area contributed by atoms with Gasteiger partial charge in [0.05, 0.1) is 27.8 Å². The summed E-state index contributed by atoms with van der Waals surface area (Å²) in [6, 6.07) is 65.8. The number of nitrogens with zero attached hydrogens (tertiary/aromatic N) is 5. The van der Waals surface area contributed by atoms with Crippen LogP contribution in [0.2, 0.25) is 0 Å². The molecule has 1 atom stereocenters. The number of fused-ring (bicyclic) bond motifs is 9. The molecule has 8 aromatic carbocycles. The van der Waals surface area contributed by atoms with Gasteiger partial charge in [-0.05, 0) is 77.1 Å². The van der Waals surface area contributed by atoms with E-state index in [1.807, 2.05) is 54.6 Å². The van der Waals surface area contributed by atoms with Crippen LogP contribution in [0, 0.1) is 5.92 Å². The largest absolute Gasteiger partial charge is 0.455 e. The Labute approximate surface area is 374 Å². The zero-order valence-electron chi connectivity index (χ0n) is 35.5. The van der Waals surface area contributed by atoms with Crippen LogP contribution in [-0.4, -0.2) is 24.5 Å².